The van der Waals surface area contributed by atoms with Gasteiger partial charge in [0.05, 0.1) is 5.56 Å². The molecule has 2 aromatic rings. The fourth-order valence-electron chi connectivity index (χ4n) is 1.33. The third-order valence-electron chi connectivity index (χ3n) is 2.09. The number of nitrogens with zero attached hydrogens (tertiary/aromatic N) is 1. The predicted molar refractivity (Wildman–Crippen MR) is 60.4 cm³/mol. The number of carbonyl (C=O) groups is 1. The monoisotopic (exact) mass is 213 g/mol. The van der Waals surface area contributed by atoms with Gasteiger partial charge in [-0.2, -0.15) is 0 Å². The number of esters is 1. The minimum atomic E-state index is -0.387. The molecule has 3 nitrogen and oxygen atoms in total. The number of aryl methyl sites for hydroxylation is 1. The molecule has 3 heteroatoms. The van der Waals surface area contributed by atoms with Gasteiger partial charge < -0.3 is 4.74 Å². The van der Waals surface area contributed by atoms with Crippen LogP contribution in [0.2, 0.25) is 0 Å². The lowest BCUT2D eigenvalue weighted by molar-refractivity contribution is 0.0727. The molecule has 0 bridgehead atoms. The zero-order valence-corrected chi connectivity index (χ0v) is 8.88. The Balaban J connectivity index is 2.15. The highest BCUT2D eigenvalue weighted by Crippen LogP contribution is 2.09. The molecule has 80 valence electrons. The van der Waals surface area contributed by atoms with E-state index in [1.54, 1.807) is 36.5 Å². The first-order chi connectivity index (χ1) is 7.75. The first-order valence-corrected chi connectivity index (χ1v) is 4.95. The average molecular weight is 213 g/mol. The van der Waals surface area contributed by atoms with Gasteiger partial charge >= 0.3 is 5.97 Å². The number of hydrogen-bond acceptors (Lipinski definition) is 3. The van der Waals surface area contributed by atoms with Crippen LogP contribution in [-0.2, 0) is 0 Å². The lowest BCUT2D eigenvalue weighted by Crippen LogP contribution is -2.09. The number of aromatic nitrogens is 1. The van der Waals surface area contributed by atoms with Crippen molar-refractivity contribution in [2.75, 3.05) is 0 Å². The molecule has 0 atom stereocenters. The zero-order valence-electron chi connectivity index (χ0n) is 8.88. The van der Waals surface area contributed by atoms with Crippen LogP contribution in [0.4, 0.5) is 0 Å². The van der Waals surface area contributed by atoms with Crippen molar-refractivity contribution in [2.45, 2.75) is 6.92 Å². The molecule has 0 fully saturated rings. The summed E-state index contributed by atoms with van der Waals surface area (Å²) >= 11 is 0. The Morgan fingerprint density at radius 2 is 2.06 bits per heavy atom. The lowest BCUT2D eigenvalue weighted by atomic mass is 10.1. The van der Waals surface area contributed by atoms with E-state index in [4.69, 9.17) is 4.74 Å². The number of hydrogen-bond donors (Lipinski definition) is 0. The number of ether oxygens (including phenoxy) is 1. The first kappa shape index (κ1) is 10.4. The highest BCUT2D eigenvalue weighted by molar-refractivity contribution is 5.91. The van der Waals surface area contributed by atoms with Gasteiger partial charge in [0, 0.05) is 12.3 Å². The van der Waals surface area contributed by atoms with Crippen molar-refractivity contribution >= 4 is 5.97 Å². The molecule has 0 saturated carbocycles. The van der Waals surface area contributed by atoms with Crippen LogP contribution in [-0.4, -0.2) is 11.0 Å². The van der Waals surface area contributed by atoms with Crippen LogP contribution >= 0.6 is 0 Å². The quantitative estimate of drug-likeness (QED) is 0.720. The van der Waals surface area contributed by atoms with Gasteiger partial charge in [-0.3, -0.25) is 0 Å². The second-order valence-corrected chi connectivity index (χ2v) is 3.43. The van der Waals surface area contributed by atoms with Crippen LogP contribution in [0.25, 0.3) is 0 Å². The number of rotatable bonds is 2. The van der Waals surface area contributed by atoms with Crippen molar-refractivity contribution in [1.82, 2.24) is 4.98 Å². The van der Waals surface area contributed by atoms with Gasteiger partial charge in [0.25, 0.3) is 0 Å². The third-order valence-corrected chi connectivity index (χ3v) is 2.09. The molecular weight excluding hydrogens is 202 g/mol. The maximum atomic E-state index is 11.7. The molecule has 0 spiro atoms. The summed E-state index contributed by atoms with van der Waals surface area (Å²) < 4.78 is 5.11. The summed E-state index contributed by atoms with van der Waals surface area (Å²) in [6.45, 7) is 1.93. The molecule has 0 amide bonds. The van der Waals surface area contributed by atoms with Gasteiger partial charge in [0.1, 0.15) is 0 Å². The van der Waals surface area contributed by atoms with Crippen LogP contribution in [0.3, 0.4) is 0 Å². The predicted octanol–water partition coefficient (Wildman–Crippen LogP) is 2.61. The summed E-state index contributed by atoms with van der Waals surface area (Å²) in [6, 6.07) is 12.4. The van der Waals surface area contributed by atoms with E-state index in [2.05, 4.69) is 4.98 Å². The molecule has 0 aliphatic carbocycles. The molecule has 2 rings (SSSR count). The van der Waals surface area contributed by atoms with Crippen LogP contribution in [0.1, 0.15) is 15.9 Å². The highest BCUT2D eigenvalue weighted by Gasteiger charge is 2.08. The number of benzene rings is 1. The van der Waals surface area contributed by atoms with Crippen LogP contribution in [0, 0.1) is 6.92 Å². The van der Waals surface area contributed by atoms with Gasteiger partial charge in [0.15, 0.2) is 0 Å². The first-order valence-electron chi connectivity index (χ1n) is 4.95. The van der Waals surface area contributed by atoms with Crippen molar-refractivity contribution in [2.24, 2.45) is 0 Å². The van der Waals surface area contributed by atoms with Crippen molar-refractivity contribution in [1.29, 1.82) is 0 Å². The summed E-state index contributed by atoms with van der Waals surface area (Å²) in [7, 11) is 0. The fourth-order valence-corrected chi connectivity index (χ4v) is 1.33. The van der Waals surface area contributed by atoms with Crippen molar-refractivity contribution in [3.05, 3.63) is 59.8 Å². The van der Waals surface area contributed by atoms with E-state index >= 15 is 0 Å². The van der Waals surface area contributed by atoms with Crippen molar-refractivity contribution in [3.8, 4) is 5.88 Å². The Morgan fingerprint density at radius 1 is 1.19 bits per heavy atom. The van der Waals surface area contributed by atoms with E-state index in [0.717, 1.165) is 5.56 Å². The normalized spacial score (nSPS) is 9.81. The summed E-state index contributed by atoms with van der Waals surface area (Å²) in [4.78, 5) is 15.6. The Hall–Kier alpha value is -2.16. The van der Waals surface area contributed by atoms with Gasteiger partial charge in [-0.1, -0.05) is 23.8 Å². The van der Waals surface area contributed by atoms with E-state index < -0.39 is 0 Å². The molecule has 0 unspecified atom stereocenters. The van der Waals surface area contributed by atoms with E-state index in [-0.39, 0.29) is 5.97 Å². The summed E-state index contributed by atoms with van der Waals surface area (Å²) in [5, 5.41) is 0. The van der Waals surface area contributed by atoms with E-state index in [1.807, 2.05) is 19.1 Å². The van der Waals surface area contributed by atoms with Gasteiger partial charge in [-0.05, 0) is 25.1 Å². The molecule has 1 aromatic carbocycles. The summed E-state index contributed by atoms with van der Waals surface area (Å²) in [5.41, 5.74) is 1.56. The van der Waals surface area contributed by atoms with Gasteiger partial charge in [-0.15, -0.1) is 0 Å². The topological polar surface area (TPSA) is 39.2 Å². The number of carbonyl (C=O) groups excluding carboxylic acids is 1. The molecule has 0 N–H and O–H groups in total. The second-order valence-electron chi connectivity index (χ2n) is 3.43. The molecule has 0 saturated heterocycles. The summed E-state index contributed by atoms with van der Waals surface area (Å²) in [5.74, 6) is -0.0728. The van der Waals surface area contributed by atoms with Crippen LogP contribution in [0.15, 0.2) is 48.7 Å². The standard InChI is InChI=1S/C13H11NO2/c1-10-5-4-6-11(9-10)13(15)16-12-7-2-3-8-14-12/h2-9H,1H3. The molecule has 1 heterocycles. The Labute approximate surface area is 93.7 Å². The fraction of sp³-hybridized carbons (Fsp3) is 0.0769. The molecule has 0 radical (unpaired) electrons. The molecule has 16 heavy (non-hydrogen) atoms. The van der Waals surface area contributed by atoms with Crippen LogP contribution < -0.4 is 4.74 Å². The Morgan fingerprint density at radius 3 is 2.75 bits per heavy atom. The van der Waals surface area contributed by atoms with E-state index in [1.165, 1.54) is 0 Å². The average Bonchev–Trinajstić information content (AvgIpc) is 2.30. The van der Waals surface area contributed by atoms with Crippen molar-refractivity contribution < 1.29 is 9.53 Å². The molecule has 1 aromatic heterocycles. The molecule has 0 aliphatic heterocycles. The maximum Gasteiger partial charge on any atom is 0.344 e. The van der Waals surface area contributed by atoms with Gasteiger partial charge in [-0.25, -0.2) is 9.78 Å². The minimum absolute atomic E-state index is 0.314. The van der Waals surface area contributed by atoms with Crippen molar-refractivity contribution in [3.63, 3.8) is 0 Å². The van der Waals surface area contributed by atoms with Gasteiger partial charge in [0.2, 0.25) is 5.88 Å². The Kier molecular flexibility index (Phi) is 2.96. The minimum Gasteiger partial charge on any atom is -0.404 e. The van der Waals surface area contributed by atoms with Crippen LogP contribution in [0.5, 0.6) is 5.88 Å². The lowest BCUT2D eigenvalue weighted by Gasteiger charge is -2.03. The van der Waals surface area contributed by atoms with E-state index in [0.29, 0.717) is 11.4 Å². The highest BCUT2D eigenvalue weighted by atomic mass is 16.5. The van der Waals surface area contributed by atoms with E-state index in [9.17, 15) is 4.79 Å². The summed E-state index contributed by atoms with van der Waals surface area (Å²) in [6.07, 6.45) is 1.58. The zero-order chi connectivity index (χ0) is 11.4. The molecule has 0 aliphatic rings. The smallest absolute Gasteiger partial charge is 0.344 e. The maximum absolute atomic E-state index is 11.7. The second kappa shape index (κ2) is 4.57. The SMILES string of the molecule is Cc1cccc(C(=O)Oc2ccccn2)c1. The Bertz CT molecular complexity index is 494. The largest absolute Gasteiger partial charge is 0.404 e. The number of pyridine rings is 1. The third kappa shape index (κ3) is 2.45. The molecular formula is C13H11NO2.